The summed E-state index contributed by atoms with van der Waals surface area (Å²) in [7, 11) is 0. The Morgan fingerprint density at radius 1 is 1.11 bits per heavy atom. The lowest BCUT2D eigenvalue weighted by Crippen LogP contribution is -2.50. The number of hydrogen-bond donors (Lipinski definition) is 1. The van der Waals surface area contributed by atoms with Crippen LogP contribution in [0.15, 0.2) is 42.6 Å². The van der Waals surface area contributed by atoms with E-state index in [0.29, 0.717) is 26.2 Å². The minimum absolute atomic E-state index is 0.266. The average Bonchev–Trinajstić information content (AvgIpc) is 2.67. The Bertz CT molecular complexity index is 810. The first-order chi connectivity index (χ1) is 13.2. The quantitative estimate of drug-likeness (QED) is 0.878. The lowest BCUT2D eigenvalue weighted by atomic mass is 10.0. The Balaban J connectivity index is 1.65. The second kappa shape index (κ2) is 8.19. The normalized spacial score (nSPS) is 16.0. The highest BCUT2D eigenvalue weighted by Gasteiger charge is 2.27. The van der Waals surface area contributed by atoms with Crippen LogP contribution in [0.1, 0.15) is 43.6 Å². The van der Waals surface area contributed by atoms with Gasteiger partial charge >= 0.3 is 6.09 Å². The van der Waals surface area contributed by atoms with Crippen molar-refractivity contribution in [2.45, 2.75) is 39.4 Å². The van der Waals surface area contributed by atoms with Crippen LogP contribution in [0, 0.1) is 6.92 Å². The molecule has 1 atom stereocenters. The summed E-state index contributed by atoms with van der Waals surface area (Å²) in [4.78, 5) is 20.7. The molecular weight excluding hydrogens is 354 g/mol. The van der Waals surface area contributed by atoms with Gasteiger partial charge in [-0.3, -0.25) is 0 Å². The zero-order chi connectivity index (χ0) is 20.3. The maximum atomic E-state index is 12.2. The molecular formula is C22H29N3O3. The molecule has 2 heterocycles. The number of benzene rings is 1. The first-order valence-corrected chi connectivity index (χ1v) is 9.67. The van der Waals surface area contributed by atoms with Gasteiger partial charge in [0.2, 0.25) is 0 Å². The van der Waals surface area contributed by atoms with Gasteiger partial charge in [0, 0.05) is 37.9 Å². The Morgan fingerprint density at radius 3 is 2.32 bits per heavy atom. The lowest BCUT2D eigenvalue weighted by molar-refractivity contribution is 0.0240. The van der Waals surface area contributed by atoms with Gasteiger partial charge in [-0.05, 0) is 44.9 Å². The number of ether oxygens (including phenoxy) is 1. The van der Waals surface area contributed by atoms with Crippen molar-refractivity contribution >= 4 is 11.9 Å². The molecule has 1 aromatic carbocycles. The molecule has 1 amide bonds. The lowest BCUT2D eigenvalue weighted by Gasteiger charge is -2.36. The fourth-order valence-corrected chi connectivity index (χ4v) is 3.32. The molecule has 0 bridgehead atoms. The predicted octanol–water partition coefficient (Wildman–Crippen LogP) is 3.53. The Labute approximate surface area is 166 Å². The van der Waals surface area contributed by atoms with E-state index < -0.39 is 11.7 Å². The van der Waals surface area contributed by atoms with E-state index in [4.69, 9.17) is 4.74 Å². The number of rotatable bonds is 3. The van der Waals surface area contributed by atoms with Crippen molar-refractivity contribution in [1.29, 1.82) is 0 Å². The molecule has 6 nitrogen and oxygen atoms in total. The summed E-state index contributed by atoms with van der Waals surface area (Å²) >= 11 is 0. The van der Waals surface area contributed by atoms with E-state index in [2.05, 4.69) is 9.88 Å². The first kappa shape index (κ1) is 20.1. The van der Waals surface area contributed by atoms with Crippen molar-refractivity contribution in [2.75, 3.05) is 31.1 Å². The third-order valence-electron chi connectivity index (χ3n) is 4.73. The average molecular weight is 383 g/mol. The second-order valence-electron chi connectivity index (χ2n) is 8.18. The summed E-state index contributed by atoms with van der Waals surface area (Å²) in [5, 5.41) is 10.6. The van der Waals surface area contributed by atoms with Crippen LogP contribution in [0.2, 0.25) is 0 Å². The molecule has 3 rings (SSSR count). The van der Waals surface area contributed by atoms with Crippen LogP contribution in [0.5, 0.6) is 0 Å². The molecule has 0 aliphatic carbocycles. The largest absolute Gasteiger partial charge is 0.444 e. The minimum Gasteiger partial charge on any atom is -0.444 e. The van der Waals surface area contributed by atoms with Crippen molar-refractivity contribution in [1.82, 2.24) is 9.88 Å². The number of hydrogen-bond acceptors (Lipinski definition) is 5. The van der Waals surface area contributed by atoms with Crippen LogP contribution < -0.4 is 4.90 Å². The van der Waals surface area contributed by atoms with Crippen molar-refractivity contribution in [3.05, 3.63) is 59.3 Å². The van der Waals surface area contributed by atoms with Gasteiger partial charge in [-0.2, -0.15) is 0 Å². The molecule has 2 aromatic rings. The highest BCUT2D eigenvalue weighted by atomic mass is 16.6. The first-order valence-electron chi connectivity index (χ1n) is 9.67. The van der Waals surface area contributed by atoms with Crippen LogP contribution >= 0.6 is 0 Å². The van der Waals surface area contributed by atoms with Gasteiger partial charge in [0.15, 0.2) is 0 Å². The van der Waals surface area contributed by atoms with Gasteiger partial charge in [-0.1, -0.05) is 30.3 Å². The molecule has 0 radical (unpaired) electrons. The zero-order valence-electron chi connectivity index (χ0n) is 17.1. The number of carbonyl (C=O) groups excluding carboxylic acids is 1. The molecule has 28 heavy (non-hydrogen) atoms. The number of aliphatic hydroxyl groups excluding tert-OH is 1. The van der Waals surface area contributed by atoms with Crippen molar-refractivity contribution < 1.29 is 14.6 Å². The topological polar surface area (TPSA) is 65.9 Å². The van der Waals surface area contributed by atoms with Gasteiger partial charge in [0.1, 0.15) is 17.5 Å². The van der Waals surface area contributed by atoms with E-state index >= 15 is 0 Å². The fraction of sp³-hybridized carbons (Fsp3) is 0.455. The smallest absolute Gasteiger partial charge is 0.410 e. The molecule has 1 saturated heterocycles. The van der Waals surface area contributed by atoms with Gasteiger partial charge in [0.05, 0.1) is 0 Å². The monoisotopic (exact) mass is 383 g/mol. The Hall–Kier alpha value is -2.60. The predicted molar refractivity (Wildman–Crippen MR) is 109 cm³/mol. The summed E-state index contributed by atoms with van der Waals surface area (Å²) in [6.45, 7) is 10.2. The second-order valence-corrected chi connectivity index (χ2v) is 8.18. The third kappa shape index (κ3) is 4.81. The summed E-state index contributed by atoms with van der Waals surface area (Å²) in [5.41, 5.74) is 2.15. The highest BCUT2D eigenvalue weighted by Crippen LogP contribution is 2.26. The van der Waals surface area contributed by atoms with E-state index in [-0.39, 0.29) is 6.09 Å². The maximum Gasteiger partial charge on any atom is 0.410 e. The van der Waals surface area contributed by atoms with Gasteiger partial charge in [0.25, 0.3) is 0 Å². The van der Waals surface area contributed by atoms with Crippen LogP contribution in [-0.2, 0) is 4.74 Å². The van der Waals surface area contributed by atoms with Crippen LogP contribution in [0.25, 0.3) is 0 Å². The number of anilines is 1. The zero-order valence-corrected chi connectivity index (χ0v) is 17.1. The molecule has 0 saturated carbocycles. The molecule has 0 spiro atoms. The van der Waals surface area contributed by atoms with Crippen LogP contribution in [0.3, 0.4) is 0 Å². The summed E-state index contributed by atoms with van der Waals surface area (Å²) in [6.07, 6.45) is 0.781. The van der Waals surface area contributed by atoms with E-state index in [0.717, 1.165) is 22.5 Å². The molecule has 150 valence electrons. The van der Waals surface area contributed by atoms with Crippen LogP contribution in [-0.4, -0.2) is 52.9 Å². The minimum atomic E-state index is -0.689. The number of pyridine rings is 1. The number of aryl methyl sites for hydroxylation is 1. The number of aliphatic hydroxyl groups is 1. The molecule has 1 fully saturated rings. The van der Waals surface area contributed by atoms with Gasteiger partial charge in [-0.25, -0.2) is 9.78 Å². The Morgan fingerprint density at radius 2 is 1.75 bits per heavy atom. The standard InChI is InChI=1S/C22H29N3O3/c1-16-14-18(19(26)17-8-6-5-7-9-17)15-23-20(16)24-10-12-25(13-11-24)21(27)28-22(2,3)4/h5-9,14-15,19,26H,10-13H2,1-4H3/t19-/m1/s1. The molecule has 1 aromatic heterocycles. The number of piperazine rings is 1. The van der Waals surface area contributed by atoms with E-state index in [1.807, 2.05) is 64.1 Å². The van der Waals surface area contributed by atoms with E-state index in [1.165, 1.54) is 0 Å². The van der Waals surface area contributed by atoms with Crippen molar-refractivity contribution in [2.24, 2.45) is 0 Å². The summed E-state index contributed by atoms with van der Waals surface area (Å²) < 4.78 is 5.45. The highest BCUT2D eigenvalue weighted by molar-refractivity contribution is 5.68. The molecule has 6 heteroatoms. The van der Waals surface area contributed by atoms with Crippen molar-refractivity contribution in [3.8, 4) is 0 Å². The molecule has 0 unspecified atom stereocenters. The fourth-order valence-electron chi connectivity index (χ4n) is 3.32. The van der Waals surface area contributed by atoms with Crippen LogP contribution in [0.4, 0.5) is 10.6 Å². The van der Waals surface area contributed by atoms with Gasteiger partial charge < -0.3 is 19.6 Å². The molecule has 1 N–H and O–H groups in total. The SMILES string of the molecule is Cc1cc([C@H](O)c2ccccc2)cnc1N1CCN(C(=O)OC(C)(C)C)CC1. The summed E-state index contributed by atoms with van der Waals surface area (Å²) in [5.74, 6) is 0.896. The number of amides is 1. The molecule has 1 aliphatic rings. The van der Waals surface area contributed by atoms with Gasteiger partial charge in [-0.15, -0.1) is 0 Å². The number of aromatic nitrogens is 1. The number of carbonyl (C=O) groups is 1. The summed E-state index contributed by atoms with van der Waals surface area (Å²) in [6, 6.07) is 11.6. The Kier molecular flexibility index (Phi) is 5.89. The van der Waals surface area contributed by atoms with E-state index in [9.17, 15) is 9.90 Å². The number of nitrogens with zero attached hydrogens (tertiary/aromatic N) is 3. The van der Waals surface area contributed by atoms with E-state index in [1.54, 1.807) is 11.1 Å². The maximum absolute atomic E-state index is 12.2. The van der Waals surface area contributed by atoms with Crippen molar-refractivity contribution in [3.63, 3.8) is 0 Å². The third-order valence-corrected chi connectivity index (χ3v) is 4.73. The molecule has 1 aliphatic heterocycles.